The van der Waals surface area contributed by atoms with Gasteiger partial charge in [0.1, 0.15) is 0 Å². The van der Waals surface area contributed by atoms with Crippen LogP contribution in [0.25, 0.3) is 5.52 Å². The van der Waals surface area contributed by atoms with Crippen molar-refractivity contribution in [1.29, 1.82) is 0 Å². The van der Waals surface area contributed by atoms with Crippen LogP contribution < -0.4 is 5.73 Å². The van der Waals surface area contributed by atoms with E-state index < -0.39 is 12.0 Å². The third-order valence-electron chi connectivity index (χ3n) is 2.13. The Balaban J connectivity index is 2.72. The summed E-state index contributed by atoms with van der Waals surface area (Å²) < 4.78 is 38.4. The lowest BCUT2D eigenvalue weighted by molar-refractivity contribution is -0.145. The molecule has 0 bridgehead atoms. The van der Waals surface area contributed by atoms with Crippen LogP contribution >= 0.6 is 0 Å². The van der Waals surface area contributed by atoms with Crippen molar-refractivity contribution in [3.63, 3.8) is 0 Å². The highest BCUT2D eigenvalue weighted by Gasteiger charge is 2.35. The highest BCUT2D eigenvalue weighted by atomic mass is 19.4. The maximum atomic E-state index is 12.5. The molecular formula is C9H8F3N3. The fraction of sp³-hybridized carbons (Fsp3) is 0.222. The Bertz CT molecular complexity index is 487. The van der Waals surface area contributed by atoms with E-state index in [4.69, 9.17) is 5.73 Å². The Hall–Kier alpha value is -1.56. The second-order valence-corrected chi connectivity index (χ2v) is 3.07. The van der Waals surface area contributed by atoms with Gasteiger partial charge < -0.3 is 5.73 Å². The summed E-state index contributed by atoms with van der Waals surface area (Å²) in [5, 5.41) is 0. The molecule has 0 spiro atoms. The fourth-order valence-corrected chi connectivity index (χ4v) is 1.46. The Morgan fingerprint density at radius 3 is 2.73 bits per heavy atom. The molecule has 0 aliphatic carbocycles. The van der Waals surface area contributed by atoms with Gasteiger partial charge in [-0.3, -0.25) is 4.40 Å². The summed E-state index contributed by atoms with van der Waals surface area (Å²) in [5.41, 5.74) is 6.45. The number of rotatable bonds is 1. The predicted molar refractivity (Wildman–Crippen MR) is 48.1 cm³/mol. The standard InChI is InChI=1S/C9H8F3N3/c10-9(11,12)8-14-5-7-6(4-13)2-1-3-15(7)8/h1-3,5H,4,13H2. The SMILES string of the molecule is NCc1cccn2c(C(F)(F)F)ncc12. The zero-order valence-corrected chi connectivity index (χ0v) is 7.62. The van der Waals surface area contributed by atoms with E-state index in [1.165, 1.54) is 18.5 Å². The van der Waals surface area contributed by atoms with E-state index in [9.17, 15) is 13.2 Å². The fourth-order valence-electron chi connectivity index (χ4n) is 1.46. The lowest BCUT2D eigenvalue weighted by Crippen LogP contribution is -2.11. The summed E-state index contributed by atoms with van der Waals surface area (Å²) in [6.45, 7) is 0.188. The van der Waals surface area contributed by atoms with E-state index in [0.29, 0.717) is 11.1 Å². The molecule has 2 heterocycles. The van der Waals surface area contributed by atoms with Gasteiger partial charge in [0.2, 0.25) is 5.82 Å². The molecule has 2 rings (SSSR count). The molecule has 0 amide bonds. The highest BCUT2D eigenvalue weighted by Crippen LogP contribution is 2.29. The average Bonchev–Trinajstić information content (AvgIpc) is 2.59. The van der Waals surface area contributed by atoms with Crippen LogP contribution in [0, 0.1) is 0 Å². The molecule has 0 unspecified atom stereocenters. The van der Waals surface area contributed by atoms with Crippen LogP contribution in [0.15, 0.2) is 24.5 Å². The summed E-state index contributed by atoms with van der Waals surface area (Å²) >= 11 is 0. The summed E-state index contributed by atoms with van der Waals surface area (Å²) in [7, 11) is 0. The first kappa shape index (κ1) is 9.97. The monoisotopic (exact) mass is 215 g/mol. The van der Waals surface area contributed by atoms with Crippen molar-refractivity contribution < 1.29 is 13.2 Å². The number of aromatic nitrogens is 2. The van der Waals surface area contributed by atoms with E-state index in [1.807, 2.05) is 0 Å². The largest absolute Gasteiger partial charge is 0.450 e. The van der Waals surface area contributed by atoms with Crippen molar-refractivity contribution in [2.75, 3.05) is 0 Å². The quantitative estimate of drug-likeness (QED) is 0.788. The number of hydrogen-bond acceptors (Lipinski definition) is 2. The summed E-state index contributed by atoms with van der Waals surface area (Å²) in [6.07, 6.45) is -1.94. The molecule has 2 aromatic rings. The van der Waals surface area contributed by atoms with E-state index in [2.05, 4.69) is 4.98 Å². The number of nitrogens with two attached hydrogens (primary N) is 1. The summed E-state index contributed by atoms with van der Waals surface area (Å²) in [4.78, 5) is 3.36. The smallest absolute Gasteiger partial charge is 0.326 e. The highest BCUT2D eigenvalue weighted by molar-refractivity contribution is 5.54. The van der Waals surface area contributed by atoms with Crippen LogP contribution in [0.5, 0.6) is 0 Å². The van der Waals surface area contributed by atoms with E-state index >= 15 is 0 Å². The number of alkyl halides is 3. The van der Waals surface area contributed by atoms with E-state index in [-0.39, 0.29) is 6.54 Å². The van der Waals surface area contributed by atoms with Gasteiger partial charge in [0.15, 0.2) is 0 Å². The minimum absolute atomic E-state index is 0.188. The van der Waals surface area contributed by atoms with Gasteiger partial charge in [-0.15, -0.1) is 0 Å². The number of halogens is 3. The zero-order valence-electron chi connectivity index (χ0n) is 7.62. The van der Waals surface area contributed by atoms with E-state index in [1.54, 1.807) is 6.07 Å². The normalized spacial score (nSPS) is 12.3. The van der Waals surface area contributed by atoms with Crippen molar-refractivity contribution in [2.24, 2.45) is 5.73 Å². The molecule has 0 fully saturated rings. The molecule has 80 valence electrons. The van der Waals surface area contributed by atoms with Crippen LogP contribution in [-0.2, 0) is 12.7 Å². The summed E-state index contributed by atoms with van der Waals surface area (Å²) in [5.74, 6) is -0.923. The molecule has 0 saturated carbocycles. The number of fused-ring (bicyclic) bond motifs is 1. The molecular weight excluding hydrogens is 207 g/mol. The number of imidazole rings is 1. The maximum Gasteiger partial charge on any atom is 0.450 e. The number of hydrogen-bond donors (Lipinski definition) is 1. The minimum atomic E-state index is -4.44. The van der Waals surface area contributed by atoms with Crippen molar-refractivity contribution in [3.05, 3.63) is 35.9 Å². The molecule has 0 atom stereocenters. The Morgan fingerprint density at radius 1 is 1.40 bits per heavy atom. The molecule has 6 heteroatoms. The first-order chi connectivity index (χ1) is 7.04. The Labute approximate surface area is 83.3 Å². The van der Waals surface area contributed by atoms with Crippen LogP contribution in [0.4, 0.5) is 13.2 Å². The molecule has 0 aromatic carbocycles. The van der Waals surface area contributed by atoms with Crippen molar-refractivity contribution in [3.8, 4) is 0 Å². The second kappa shape index (κ2) is 3.23. The molecule has 3 nitrogen and oxygen atoms in total. The molecule has 0 aliphatic heterocycles. The first-order valence-electron chi connectivity index (χ1n) is 4.26. The third-order valence-corrected chi connectivity index (χ3v) is 2.13. The Kier molecular flexibility index (Phi) is 2.15. The molecule has 0 saturated heterocycles. The minimum Gasteiger partial charge on any atom is -0.326 e. The topological polar surface area (TPSA) is 43.3 Å². The van der Waals surface area contributed by atoms with Gasteiger partial charge >= 0.3 is 6.18 Å². The van der Waals surface area contributed by atoms with Gasteiger partial charge in [0, 0.05) is 12.7 Å². The van der Waals surface area contributed by atoms with Crippen molar-refractivity contribution in [2.45, 2.75) is 12.7 Å². The van der Waals surface area contributed by atoms with Gasteiger partial charge in [-0.2, -0.15) is 13.2 Å². The molecule has 2 N–H and O–H groups in total. The molecule has 0 radical (unpaired) electrons. The van der Waals surface area contributed by atoms with Crippen LogP contribution in [0.1, 0.15) is 11.4 Å². The lowest BCUT2D eigenvalue weighted by Gasteiger charge is -2.06. The van der Waals surface area contributed by atoms with Crippen molar-refractivity contribution >= 4 is 5.52 Å². The van der Waals surface area contributed by atoms with Crippen LogP contribution in [0.3, 0.4) is 0 Å². The maximum absolute atomic E-state index is 12.5. The Morgan fingerprint density at radius 2 is 2.13 bits per heavy atom. The average molecular weight is 215 g/mol. The van der Waals surface area contributed by atoms with Crippen LogP contribution in [0.2, 0.25) is 0 Å². The van der Waals surface area contributed by atoms with Gasteiger partial charge in [0.05, 0.1) is 11.7 Å². The van der Waals surface area contributed by atoms with Crippen LogP contribution in [-0.4, -0.2) is 9.38 Å². The summed E-state index contributed by atoms with van der Waals surface area (Å²) in [6, 6.07) is 3.20. The lowest BCUT2D eigenvalue weighted by atomic mass is 10.2. The van der Waals surface area contributed by atoms with Gasteiger partial charge in [-0.05, 0) is 11.6 Å². The predicted octanol–water partition coefficient (Wildman–Crippen LogP) is 1.81. The number of pyridine rings is 1. The van der Waals surface area contributed by atoms with Gasteiger partial charge in [0.25, 0.3) is 0 Å². The molecule has 2 aromatic heterocycles. The third kappa shape index (κ3) is 1.56. The second-order valence-electron chi connectivity index (χ2n) is 3.07. The van der Waals surface area contributed by atoms with Gasteiger partial charge in [-0.1, -0.05) is 6.07 Å². The molecule has 15 heavy (non-hydrogen) atoms. The van der Waals surface area contributed by atoms with Crippen molar-refractivity contribution in [1.82, 2.24) is 9.38 Å². The molecule has 0 aliphatic rings. The van der Waals surface area contributed by atoms with E-state index in [0.717, 1.165) is 4.40 Å². The number of nitrogens with zero attached hydrogens (tertiary/aromatic N) is 2. The zero-order chi connectivity index (χ0) is 11.1. The van der Waals surface area contributed by atoms with Gasteiger partial charge in [-0.25, -0.2) is 4.98 Å². The first-order valence-corrected chi connectivity index (χ1v) is 4.26.